The molecule has 0 fully saturated rings. The Kier molecular flexibility index (Phi) is 5.77. The number of carbonyl (C=O) groups is 2. The van der Waals surface area contributed by atoms with E-state index in [0.717, 1.165) is 23.2 Å². The molecule has 3 amide bonds. The van der Waals surface area contributed by atoms with Crippen LogP contribution in [0, 0.1) is 0 Å². The first-order valence-corrected chi connectivity index (χ1v) is 11.8. The van der Waals surface area contributed by atoms with Gasteiger partial charge >= 0.3 is 6.03 Å². The van der Waals surface area contributed by atoms with E-state index in [-0.39, 0.29) is 5.91 Å². The largest absolute Gasteiger partial charge is 0.351 e. The van der Waals surface area contributed by atoms with Gasteiger partial charge < -0.3 is 16.0 Å². The highest BCUT2D eigenvalue weighted by atomic mass is 35.5. The lowest BCUT2D eigenvalue weighted by Gasteiger charge is -2.29. The van der Waals surface area contributed by atoms with Crippen LogP contribution in [0.25, 0.3) is 0 Å². The Morgan fingerprint density at radius 3 is 2.70 bits per heavy atom. The average molecular weight is 501 g/mol. The number of urea groups is 1. The summed E-state index contributed by atoms with van der Waals surface area (Å²) in [6.45, 7) is 1.09. The molecule has 0 unspecified atom stereocenters. The lowest BCUT2D eigenvalue weighted by molar-refractivity contribution is 0.0985. The van der Waals surface area contributed by atoms with Crippen molar-refractivity contribution in [1.82, 2.24) is 14.9 Å². The minimum atomic E-state index is -0.410. The summed E-state index contributed by atoms with van der Waals surface area (Å²) in [4.78, 5) is 36.5. The SMILES string of the molecule is NC(=O)N1CCc2cc(Nc3ncc4c(n3)SCN(c3c(Cl)cccc3Cl)C4=O)ccc2C1. The zero-order valence-electron chi connectivity index (χ0n) is 17.2. The Morgan fingerprint density at radius 2 is 1.94 bits per heavy atom. The molecule has 0 radical (unpaired) electrons. The summed E-state index contributed by atoms with van der Waals surface area (Å²) in [5.74, 6) is 0.479. The van der Waals surface area contributed by atoms with E-state index in [9.17, 15) is 9.59 Å². The quantitative estimate of drug-likeness (QED) is 0.506. The highest BCUT2D eigenvalue weighted by Crippen LogP contribution is 2.39. The summed E-state index contributed by atoms with van der Waals surface area (Å²) in [5.41, 5.74) is 9.31. The maximum Gasteiger partial charge on any atom is 0.315 e. The van der Waals surface area contributed by atoms with Crippen molar-refractivity contribution < 1.29 is 9.59 Å². The second kappa shape index (κ2) is 8.74. The van der Waals surface area contributed by atoms with Crippen LogP contribution in [0.2, 0.25) is 10.0 Å². The van der Waals surface area contributed by atoms with Gasteiger partial charge in [0.05, 0.1) is 27.2 Å². The molecule has 2 aliphatic heterocycles. The molecule has 0 spiro atoms. The smallest absolute Gasteiger partial charge is 0.315 e. The highest BCUT2D eigenvalue weighted by Gasteiger charge is 2.30. The summed E-state index contributed by atoms with van der Waals surface area (Å²) < 4.78 is 0. The van der Waals surface area contributed by atoms with Crippen molar-refractivity contribution in [2.24, 2.45) is 5.73 Å². The predicted octanol–water partition coefficient (Wildman–Crippen LogP) is 4.67. The van der Waals surface area contributed by atoms with E-state index in [0.29, 0.717) is 51.2 Å². The van der Waals surface area contributed by atoms with Crippen LogP contribution in [-0.2, 0) is 13.0 Å². The van der Waals surface area contributed by atoms with Crippen molar-refractivity contribution in [1.29, 1.82) is 0 Å². The summed E-state index contributed by atoms with van der Waals surface area (Å²) in [7, 11) is 0. The number of halogens is 2. The van der Waals surface area contributed by atoms with Crippen LogP contribution < -0.4 is 16.0 Å². The molecule has 3 heterocycles. The number of fused-ring (bicyclic) bond motifs is 2. The number of amides is 3. The molecule has 1 aromatic heterocycles. The Labute approximate surface area is 204 Å². The van der Waals surface area contributed by atoms with Gasteiger partial charge in [-0.1, -0.05) is 47.1 Å². The first-order chi connectivity index (χ1) is 15.9. The Bertz CT molecular complexity index is 1270. The Balaban J connectivity index is 1.35. The van der Waals surface area contributed by atoms with Crippen molar-refractivity contribution in [3.05, 3.63) is 69.3 Å². The van der Waals surface area contributed by atoms with Gasteiger partial charge in [0, 0.05) is 25.0 Å². The second-order valence-electron chi connectivity index (χ2n) is 7.61. The van der Waals surface area contributed by atoms with Crippen LogP contribution in [0.5, 0.6) is 0 Å². The molecule has 0 bridgehead atoms. The summed E-state index contributed by atoms with van der Waals surface area (Å²) in [6, 6.07) is 10.6. The number of hydrogen-bond donors (Lipinski definition) is 2. The molecule has 5 rings (SSSR count). The normalized spacial score (nSPS) is 15.2. The van der Waals surface area contributed by atoms with Crippen molar-refractivity contribution in [3.8, 4) is 0 Å². The van der Waals surface area contributed by atoms with E-state index >= 15 is 0 Å². The van der Waals surface area contributed by atoms with Gasteiger partial charge in [0.15, 0.2) is 0 Å². The summed E-state index contributed by atoms with van der Waals surface area (Å²) >= 11 is 14.0. The molecule has 2 aliphatic rings. The summed E-state index contributed by atoms with van der Waals surface area (Å²) in [6.07, 6.45) is 2.24. The molecule has 3 N–H and O–H groups in total. The number of nitrogens with two attached hydrogens (primary N) is 1. The van der Waals surface area contributed by atoms with Crippen LogP contribution in [0.4, 0.5) is 22.1 Å². The molecule has 0 atom stereocenters. The number of rotatable bonds is 3. The number of anilines is 3. The molecular weight excluding hydrogens is 483 g/mol. The number of aromatic nitrogens is 2. The predicted molar refractivity (Wildman–Crippen MR) is 129 cm³/mol. The van der Waals surface area contributed by atoms with Crippen LogP contribution in [0.3, 0.4) is 0 Å². The molecule has 2 aromatic carbocycles. The zero-order valence-corrected chi connectivity index (χ0v) is 19.5. The number of nitrogens with zero attached hydrogens (tertiary/aromatic N) is 4. The number of hydrogen-bond acceptors (Lipinski definition) is 6. The Morgan fingerprint density at radius 1 is 1.15 bits per heavy atom. The van der Waals surface area contributed by atoms with Crippen LogP contribution in [-0.4, -0.2) is 39.2 Å². The third kappa shape index (κ3) is 4.19. The monoisotopic (exact) mass is 500 g/mol. The number of carbonyl (C=O) groups excluding carboxylic acids is 2. The molecule has 0 saturated heterocycles. The van der Waals surface area contributed by atoms with Crippen molar-refractivity contribution in [3.63, 3.8) is 0 Å². The van der Waals surface area contributed by atoms with E-state index in [1.54, 1.807) is 23.1 Å². The fraction of sp³-hybridized carbons (Fsp3) is 0.182. The first-order valence-electron chi connectivity index (χ1n) is 10.1. The van der Waals surface area contributed by atoms with Gasteiger partial charge in [-0.05, 0) is 41.8 Å². The fourth-order valence-electron chi connectivity index (χ4n) is 3.87. The van der Waals surface area contributed by atoms with Crippen molar-refractivity contribution >= 4 is 64.2 Å². The number of para-hydroxylation sites is 1. The highest BCUT2D eigenvalue weighted by molar-refractivity contribution is 7.99. The van der Waals surface area contributed by atoms with E-state index in [1.807, 2.05) is 18.2 Å². The number of primary amides is 1. The topological polar surface area (TPSA) is 104 Å². The lowest BCUT2D eigenvalue weighted by Crippen LogP contribution is -2.39. The van der Waals surface area contributed by atoms with Gasteiger partial charge in [-0.2, -0.15) is 0 Å². The van der Waals surface area contributed by atoms with Gasteiger partial charge in [-0.25, -0.2) is 14.8 Å². The molecule has 33 heavy (non-hydrogen) atoms. The van der Waals surface area contributed by atoms with Gasteiger partial charge in [-0.3, -0.25) is 9.69 Å². The lowest BCUT2D eigenvalue weighted by atomic mass is 9.99. The van der Waals surface area contributed by atoms with Crippen LogP contribution >= 0.6 is 35.0 Å². The standard InChI is InChI=1S/C22H18Cl2N6O2S/c23-16-2-1-3-17(24)18(16)30-11-33-19-15(20(30)31)9-26-22(28-19)27-14-5-4-13-10-29(21(25)32)7-6-12(13)8-14/h1-5,8-9H,6-7,10-11H2,(H2,25,32)(H,26,27,28). The van der Waals surface area contributed by atoms with Gasteiger partial charge in [0.1, 0.15) is 5.03 Å². The zero-order chi connectivity index (χ0) is 23.1. The van der Waals surface area contributed by atoms with Crippen molar-refractivity contribution in [2.45, 2.75) is 18.0 Å². The molecular formula is C22H18Cl2N6O2S. The molecule has 8 nitrogen and oxygen atoms in total. The van der Waals surface area contributed by atoms with Gasteiger partial charge in [0.2, 0.25) is 5.95 Å². The number of benzene rings is 2. The van der Waals surface area contributed by atoms with Crippen molar-refractivity contribution in [2.75, 3.05) is 22.6 Å². The van der Waals surface area contributed by atoms with Crippen LogP contribution in [0.15, 0.2) is 47.6 Å². The number of thioether (sulfide) groups is 1. The minimum absolute atomic E-state index is 0.252. The fourth-order valence-corrected chi connectivity index (χ4v) is 5.42. The third-order valence-electron chi connectivity index (χ3n) is 5.55. The van der Waals surface area contributed by atoms with E-state index in [1.165, 1.54) is 22.9 Å². The molecule has 3 aromatic rings. The van der Waals surface area contributed by atoms with Gasteiger partial charge in [-0.15, -0.1) is 0 Å². The van der Waals surface area contributed by atoms with E-state index in [2.05, 4.69) is 15.3 Å². The molecule has 0 saturated carbocycles. The maximum absolute atomic E-state index is 13.1. The molecule has 11 heteroatoms. The minimum Gasteiger partial charge on any atom is -0.351 e. The second-order valence-corrected chi connectivity index (χ2v) is 9.36. The summed E-state index contributed by atoms with van der Waals surface area (Å²) in [5, 5.41) is 4.61. The Hall–Kier alpha value is -3.01. The van der Waals surface area contributed by atoms with E-state index < -0.39 is 6.03 Å². The number of nitrogens with one attached hydrogen (secondary N) is 1. The third-order valence-corrected chi connectivity index (χ3v) is 7.14. The molecule has 168 valence electrons. The maximum atomic E-state index is 13.1. The van der Waals surface area contributed by atoms with E-state index in [4.69, 9.17) is 28.9 Å². The van der Waals surface area contributed by atoms with Gasteiger partial charge in [0.25, 0.3) is 5.91 Å². The average Bonchev–Trinajstić information content (AvgIpc) is 2.80. The molecule has 0 aliphatic carbocycles. The van der Waals surface area contributed by atoms with Crippen LogP contribution in [0.1, 0.15) is 21.5 Å². The first kappa shape index (κ1) is 21.8.